The first-order valence-electron chi connectivity index (χ1n) is 10.2. The highest BCUT2D eigenvalue weighted by molar-refractivity contribution is 6.03. The molecule has 0 aliphatic heterocycles. The van der Waals surface area contributed by atoms with E-state index in [0.29, 0.717) is 36.1 Å². The normalized spacial score (nSPS) is 15.1. The first kappa shape index (κ1) is 21.5. The third-order valence-corrected chi connectivity index (χ3v) is 5.64. The highest BCUT2D eigenvalue weighted by Crippen LogP contribution is 2.49. The van der Waals surface area contributed by atoms with E-state index in [4.69, 9.17) is 4.74 Å². The minimum Gasteiger partial charge on any atom is -0.459 e. The number of hydrogen-bond acceptors (Lipinski definition) is 6. The minimum absolute atomic E-state index is 0.235. The molecule has 1 amide bonds. The van der Waals surface area contributed by atoms with Gasteiger partial charge in [-0.2, -0.15) is 0 Å². The highest BCUT2D eigenvalue weighted by Gasteiger charge is 2.51. The Hall–Kier alpha value is -3.69. The van der Waals surface area contributed by atoms with Crippen LogP contribution in [0.25, 0.3) is 11.4 Å². The molecule has 3 aromatic rings. The van der Waals surface area contributed by atoms with Crippen LogP contribution in [0, 0.1) is 11.6 Å². The Morgan fingerprint density at radius 1 is 1.19 bits per heavy atom. The lowest BCUT2D eigenvalue weighted by molar-refractivity contribution is -0.118. The monoisotopic (exact) mass is 441 g/mol. The summed E-state index contributed by atoms with van der Waals surface area (Å²) in [4.78, 5) is 25.6. The standard InChI is InChI=1S/C22H21F2N5O3/c1-3-12(2)32-20(30)15-6-5-14(11-16(15)19-26-28-29-27-19)25-21(31)22(8-9-22)13-4-7-17(23)18(24)10-13/h4-7,10-12H,3,8-9H2,1-2H3,(H,25,31)(H,26,27,28,29). The number of anilines is 1. The van der Waals surface area contributed by atoms with Crippen LogP contribution in [-0.4, -0.2) is 38.6 Å². The van der Waals surface area contributed by atoms with E-state index in [2.05, 4.69) is 25.9 Å². The molecule has 1 unspecified atom stereocenters. The molecule has 0 bridgehead atoms. The molecular weight excluding hydrogens is 420 g/mol. The number of halogens is 2. The van der Waals surface area contributed by atoms with Gasteiger partial charge in [0.15, 0.2) is 17.5 Å². The van der Waals surface area contributed by atoms with Crippen molar-refractivity contribution in [2.45, 2.75) is 44.6 Å². The molecule has 32 heavy (non-hydrogen) atoms. The SMILES string of the molecule is CCC(C)OC(=O)c1ccc(NC(=O)C2(c3ccc(F)c(F)c3)CC2)cc1-c1nnn[nH]1. The third-order valence-electron chi connectivity index (χ3n) is 5.64. The first-order valence-corrected chi connectivity index (χ1v) is 10.2. The zero-order chi connectivity index (χ0) is 22.9. The number of aromatic nitrogens is 4. The zero-order valence-corrected chi connectivity index (χ0v) is 17.5. The van der Waals surface area contributed by atoms with Crippen LogP contribution in [0.1, 0.15) is 49.0 Å². The van der Waals surface area contributed by atoms with Crippen molar-refractivity contribution >= 4 is 17.6 Å². The minimum atomic E-state index is -0.995. The average Bonchev–Trinajstić information content (AvgIpc) is 3.41. The number of rotatable bonds is 7. The van der Waals surface area contributed by atoms with Crippen LogP contribution in [0.5, 0.6) is 0 Å². The van der Waals surface area contributed by atoms with Gasteiger partial charge < -0.3 is 10.1 Å². The lowest BCUT2D eigenvalue weighted by Gasteiger charge is -2.17. The summed E-state index contributed by atoms with van der Waals surface area (Å²) in [5.41, 5.74) is 0.497. The summed E-state index contributed by atoms with van der Waals surface area (Å²) < 4.78 is 32.4. The Kier molecular flexibility index (Phi) is 5.68. The Bertz CT molecular complexity index is 1160. The summed E-state index contributed by atoms with van der Waals surface area (Å²) >= 11 is 0. The van der Waals surface area contributed by atoms with Gasteiger partial charge in [-0.05, 0) is 72.5 Å². The maximum Gasteiger partial charge on any atom is 0.339 e. The van der Waals surface area contributed by atoms with Crippen molar-refractivity contribution in [1.29, 1.82) is 0 Å². The predicted molar refractivity (Wildman–Crippen MR) is 111 cm³/mol. The molecule has 4 rings (SSSR count). The lowest BCUT2D eigenvalue weighted by Crippen LogP contribution is -2.28. The fourth-order valence-electron chi connectivity index (χ4n) is 3.42. The maximum atomic E-state index is 13.7. The molecule has 10 heteroatoms. The van der Waals surface area contributed by atoms with Gasteiger partial charge in [-0.3, -0.25) is 4.79 Å². The summed E-state index contributed by atoms with van der Waals surface area (Å²) in [6.07, 6.45) is 1.42. The Balaban J connectivity index is 1.62. The van der Waals surface area contributed by atoms with Gasteiger partial charge in [0.1, 0.15) is 0 Å². The zero-order valence-electron chi connectivity index (χ0n) is 17.5. The topological polar surface area (TPSA) is 110 Å². The Labute approximate surface area is 182 Å². The van der Waals surface area contributed by atoms with Gasteiger partial charge in [-0.1, -0.05) is 13.0 Å². The van der Waals surface area contributed by atoms with Gasteiger partial charge >= 0.3 is 5.97 Å². The van der Waals surface area contributed by atoms with Crippen molar-refractivity contribution in [3.05, 3.63) is 59.2 Å². The number of carbonyl (C=O) groups is 2. The number of benzene rings is 2. The molecule has 1 saturated carbocycles. The number of carbonyl (C=O) groups excluding carboxylic acids is 2. The van der Waals surface area contributed by atoms with Crippen molar-refractivity contribution in [2.75, 3.05) is 5.32 Å². The Morgan fingerprint density at radius 3 is 2.59 bits per heavy atom. The molecule has 0 saturated heterocycles. The van der Waals surface area contributed by atoms with Crippen molar-refractivity contribution in [3.8, 4) is 11.4 Å². The van der Waals surface area contributed by atoms with Gasteiger partial charge in [0.05, 0.1) is 17.1 Å². The molecular formula is C22H21F2N5O3. The second-order valence-corrected chi connectivity index (χ2v) is 7.80. The first-order chi connectivity index (χ1) is 15.3. The van der Waals surface area contributed by atoms with E-state index in [1.54, 1.807) is 19.1 Å². The number of esters is 1. The van der Waals surface area contributed by atoms with Crippen LogP contribution in [0.2, 0.25) is 0 Å². The molecule has 1 fully saturated rings. The maximum absolute atomic E-state index is 13.7. The van der Waals surface area contributed by atoms with Gasteiger partial charge in [0.2, 0.25) is 5.91 Å². The summed E-state index contributed by atoms with van der Waals surface area (Å²) in [5, 5.41) is 16.4. The number of nitrogens with one attached hydrogen (secondary N) is 2. The van der Waals surface area contributed by atoms with Crippen molar-refractivity contribution < 1.29 is 23.1 Å². The van der Waals surface area contributed by atoms with Crippen molar-refractivity contribution in [1.82, 2.24) is 20.6 Å². The number of amides is 1. The van der Waals surface area contributed by atoms with Crippen LogP contribution >= 0.6 is 0 Å². The second kappa shape index (κ2) is 8.45. The smallest absolute Gasteiger partial charge is 0.339 e. The number of nitrogens with zero attached hydrogens (tertiary/aromatic N) is 3. The molecule has 1 heterocycles. The van der Waals surface area contributed by atoms with Crippen molar-refractivity contribution in [3.63, 3.8) is 0 Å². The van der Waals surface area contributed by atoms with Crippen LogP contribution in [-0.2, 0) is 14.9 Å². The average molecular weight is 441 g/mol. The van der Waals surface area contributed by atoms with E-state index in [1.807, 2.05) is 6.92 Å². The molecule has 0 radical (unpaired) electrons. The van der Waals surface area contributed by atoms with Gasteiger partial charge in [0, 0.05) is 11.3 Å². The summed E-state index contributed by atoms with van der Waals surface area (Å²) in [6.45, 7) is 3.69. The molecule has 8 nitrogen and oxygen atoms in total. The summed E-state index contributed by atoms with van der Waals surface area (Å²) in [7, 11) is 0. The molecule has 1 aliphatic rings. The molecule has 1 atom stereocenters. The quantitative estimate of drug-likeness (QED) is 0.540. The summed E-state index contributed by atoms with van der Waals surface area (Å²) in [6, 6.07) is 8.15. The van der Waals surface area contributed by atoms with Crippen LogP contribution in [0.15, 0.2) is 36.4 Å². The molecule has 2 N–H and O–H groups in total. The van der Waals surface area contributed by atoms with E-state index >= 15 is 0 Å². The molecule has 2 aromatic carbocycles. The predicted octanol–water partition coefficient (Wildman–Crippen LogP) is 3.77. The number of hydrogen-bond donors (Lipinski definition) is 2. The molecule has 1 aliphatic carbocycles. The van der Waals surface area contributed by atoms with E-state index in [0.717, 1.165) is 12.1 Å². The largest absolute Gasteiger partial charge is 0.459 e. The second-order valence-electron chi connectivity index (χ2n) is 7.80. The number of tetrazole rings is 1. The third kappa shape index (κ3) is 4.08. The van der Waals surface area contributed by atoms with Crippen LogP contribution in [0.3, 0.4) is 0 Å². The van der Waals surface area contributed by atoms with E-state index in [-0.39, 0.29) is 23.4 Å². The number of aromatic amines is 1. The van der Waals surface area contributed by atoms with Gasteiger partial charge in [-0.25, -0.2) is 18.7 Å². The van der Waals surface area contributed by atoms with Gasteiger partial charge in [0.25, 0.3) is 0 Å². The molecule has 0 spiro atoms. The molecule has 166 valence electrons. The van der Waals surface area contributed by atoms with E-state index in [1.165, 1.54) is 12.1 Å². The van der Waals surface area contributed by atoms with Crippen LogP contribution in [0.4, 0.5) is 14.5 Å². The number of H-pyrrole nitrogens is 1. The van der Waals surface area contributed by atoms with Gasteiger partial charge in [-0.15, -0.1) is 5.10 Å². The molecule has 1 aromatic heterocycles. The summed E-state index contributed by atoms with van der Waals surface area (Å²) in [5.74, 6) is -2.61. The van der Waals surface area contributed by atoms with E-state index < -0.39 is 23.0 Å². The van der Waals surface area contributed by atoms with Crippen LogP contribution < -0.4 is 5.32 Å². The Morgan fingerprint density at radius 2 is 1.97 bits per heavy atom. The fourth-order valence-corrected chi connectivity index (χ4v) is 3.42. The lowest BCUT2D eigenvalue weighted by atomic mass is 9.94. The fraction of sp³-hybridized carbons (Fsp3) is 0.318. The number of ether oxygens (including phenoxy) is 1. The highest BCUT2D eigenvalue weighted by atomic mass is 19.2. The van der Waals surface area contributed by atoms with Crippen molar-refractivity contribution in [2.24, 2.45) is 0 Å². The van der Waals surface area contributed by atoms with E-state index in [9.17, 15) is 18.4 Å².